The number of halogens is 2. The quantitative estimate of drug-likeness (QED) is 0.596. The molecule has 1 aromatic carbocycles. The molecule has 27 heavy (non-hydrogen) atoms. The van der Waals surface area contributed by atoms with E-state index < -0.39 is 0 Å². The summed E-state index contributed by atoms with van der Waals surface area (Å²) >= 11 is 7.82. The van der Waals surface area contributed by atoms with Crippen LogP contribution in [0.3, 0.4) is 0 Å². The summed E-state index contributed by atoms with van der Waals surface area (Å²) in [7, 11) is 0. The summed E-state index contributed by atoms with van der Waals surface area (Å²) in [6.45, 7) is 3.54. The van der Waals surface area contributed by atoms with Crippen LogP contribution in [0.4, 0.5) is 5.13 Å². The summed E-state index contributed by atoms with van der Waals surface area (Å²) in [6, 6.07) is 5.99. The monoisotopic (exact) mass is 423 g/mol. The number of anilines is 1. The van der Waals surface area contributed by atoms with Gasteiger partial charge in [-0.25, -0.2) is 4.98 Å². The number of rotatable bonds is 4. The lowest BCUT2D eigenvalue weighted by atomic mass is 10.1. The maximum atomic E-state index is 12.5. The number of carbonyl (C=O) groups excluding carboxylic acids is 1. The average Bonchev–Trinajstić information content (AvgIpc) is 3.25. The van der Waals surface area contributed by atoms with Crippen LogP contribution in [0.15, 0.2) is 24.4 Å². The normalized spacial score (nSPS) is 13.0. The molecule has 1 amide bonds. The van der Waals surface area contributed by atoms with Gasteiger partial charge in [0, 0.05) is 53.3 Å². The first-order chi connectivity index (χ1) is 12.6. The fourth-order valence-electron chi connectivity index (χ4n) is 3.05. The van der Waals surface area contributed by atoms with Crippen LogP contribution in [0.5, 0.6) is 0 Å². The van der Waals surface area contributed by atoms with Gasteiger partial charge in [0.05, 0.1) is 0 Å². The van der Waals surface area contributed by atoms with Gasteiger partial charge in [-0.15, -0.1) is 23.7 Å². The number of H-pyrrole nitrogens is 1. The van der Waals surface area contributed by atoms with Crippen molar-refractivity contribution in [1.29, 1.82) is 0 Å². The molecule has 0 radical (unpaired) electrons. The molecule has 0 aliphatic carbocycles. The number of thiazole rings is 1. The number of nitrogens with one attached hydrogen (secondary N) is 3. The zero-order valence-electron chi connectivity index (χ0n) is 14.6. The number of amides is 1. The highest BCUT2D eigenvalue weighted by Gasteiger charge is 2.22. The third-order valence-corrected chi connectivity index (χ3v) is 5.89. The van der Waals surface area contributed by atoms with Crippen LogP contribution in [-0.4, -0.2) is 27.6 Å². The molecule has 1 aliphatic heterocycles. The van der Waals surface area contributed by atoms with Gasteiger partial charge in [0.1, 0.15) is 0 Å². The fourth-order valence-corrected chi connectivity index (χ4v) is 4.07. The minimum atomic E-state index is -0.235. The molecule has 0 saturated heterocycles. The molecule has 0 bridgehead atoms. The van der Waals surface area contributed by atoms with Crippen molar-refractivity contribution in [2.45, 2.75) is 26.3 Å². The van der Waals surface area contributed by atoms with Gasteiger partial charge in [0.2, 0.25) is 0 Å². The van der Waals surface area contributed by atoms with E-state index in [1.165, 1.54) is 11.3 Å². The second-order valence-corrected chi connectivity index (χ2v) is 7.76. The Hall–Kier alpha value is -1.93. The van der Waals surface area contributed by atoms with Gasteiger partial charge in [-0.2, -0.15) is 5.10 Å². The molecule has 4 rings (SSSR count). The number of carbonyl (C=O) groups is 1. The topological polar surface area (TPSA) is 82.7 Å². The minimum absolute atomic E-state index is 0. The van der Waals surface area contributed by atoms with Gasteiger partial charge in [-0.05, 0) is 18.1 Å². The number of aromatic amines is 1. The van der Waals surface area contributed by atoms with E-state index in [1.807, 2.05) is 25.1 Å². The van der Waals surface area contributed by atoms with E-state index in [0.29, 0.717) is 23.8 Å². The molecule has 0 spiro atoms. The van der Waals surface area contributed by atoms with E-state index in [0.717, 1.165) is 45.2 Å². The van der Waals surface area contributed by atoms with Gasteiger partial charge in [0.15, 0.2) is 10.8 Å². The Bertz CT molecular complexity index is 969. The van der Waals surface area contributed by atoms with E-state index >= 15 is 0 Å². The molecular formula is C18H19Cl2N5OS. The lowest BCUT2D eigenvalue weighted by Gasteiger charge is -2.12. The van der Waals surface area contributed by atoms with Crippen LogP contribution in [0.1, 0.15) is 37.7 Å². The second-order valence-electron chi connectivity index (χ2n) is 6.27. The van der Waals surface area contributed by atoms with Crippen molar-refractivity contribution in [2.75, 3.05) is 11.9 Å². The second kappa shape index (κ2) is 8.39. The molecular weight excluding hydrogens is 405 g/mol. The Morgan fingerprint density at radius 2 is 2.26 bits per heavy atom. The maximum Gasteiger partial charge on any atom is 0.278 e. The van der Waals surface area contributed by atoms with E-state index in [-0.39, 0.29) is 18.3 Å². The fraction of sp³-hybridized carbons (Fsp3) is 0.278. The van der Waals surface area contributed by atoms with Gasteiger partial charge in [-0.1, -0.05) is 29.8 Å². The zero-order valence-corrected chi connectivity index (χ0v) is 17.0. The van der Waals surface area contributed by atoms with E-state index in [4.69, 9.17) is 11.6 Å². The summed E-state index contributed by atoms with van der Waals surface area (Å²) in [4.78, 5) is 17.9. The molecule has 2 aromatic heterocycles. The van der Waals surface area contributed by atoms with E-state index in [1.54, 1.807) is 6.20 Å². The van der Waals surface area contributed by atoms with Crippen molar-refractivity contribution < 1.29 is 4.79 Å². The van der Waals surface area contributed by atoms with Crippen molar-refractivity contribution in [3.05, 3.63) is 62.4 Å². The Balaban J connectivity index is 0.00000210. The number of aromatic nitrogens is 3. The largest absolute Gasteiger partial charge is 0.312 e. The molecule has 3 heterocycles. The molecule has 142 valence electrons. The van der Waals surface area contributed by atoms with E-state index in [9.17, 15) is 4.79 Å². The van der Waals surface area contributed by atoms with Crippen molar-refractivity contribution in [2.24, 2.45) is 0 Å². The molecule has 0 saturated carbocycles. The average molecular weight is 424 g/mol. The molecule has 6 nitrogen and oxygen atoms in total. The molecule has 0 atom stereocenters. The molecule has 9 heteroatoms. The SMILES string of the molecule is Cc1cccc(Cc2cnc(NC(=O)c3n[nH]c4c3CNCC4)s2)c1Cl.Cl. The number of fused-ring (bicyclic) bond motifs is 1. The first kappa shape index (κ1) is 19.8. The smallest absolute Gasteiger partial charge is 0.278 e. The predicted molar refractivity (Wildman–Crippen MR) is 110 cm³/mol. The highest BCUT2D eigenvalue weighted by molar-refractivity contribution is 7.15. The third kappa shape index (κ3) is 4.16. The zero-order chi connectivity index (χ0) is 18.1. The van der Waals surface area contributed by atoms with Gasteiger partial charge in [0.25, 0.3) is 5.91 Å². The summed E-state index contributed by atoms with van der Waals surface area (Å²) in [5.74, 6) is -0.235. The summed E-state index contributed by atoms with van der Waals surface area (Å²) in [6.07, 6.45) is 3.32. The number of nitrogens with zero attached hydrogens (tertiary/aromatic N) is 2. The molecule has 0 unspecified atom stereocenters. The van der Waals surface area contributed by atoms with E-state index in [2.05, 4.69) is 25.8 Å². The van der Waals surface area contributed by atoms with Gasteiger partial charge < -0.3 is 5.32 Å². The van der Waals surface area contributed by atoms with Crippen LogP contribution < -0.4 is 10.6 Å². The number of hydrogen-bond donors (Lipinski definition) is 3. The number of benzene rings is 1. The first-order valence-electron chi connectivity index (χ1n) is 8.38. The Labute approximate surface area is 172 Å². The Morgan fingerprint density at radius 1 is 1.41 bits per heavy atom. The Kier molecular flexibility index (Phi) is 6.16. The van der Waals surface area contributed by atoms with Crippen molar-refractivity contribution in [3.63, 3.8) is 0 Å². The van der Waals surface area contributed by atoms with Crippen molar-refractivity contribution in [1.82, 2.24) is 20.5 Å². The highest BCUT2D eigenvalue weighted by Crippen LogP contribution is 2.27. The van der Waals surface area contributed by atoms with Gasteiger partial charge in [-0.3, -0.25) is 15.2 Å². The van der Waals surface area contributed by atoms with Crippen LogP contribution in [-0.2, 0) is 19.4 Å². The Morgan fingerprint density at radius 3 is 3.11 bits per heavy atom. The number of aryl methyl sites for hydroxylation is 1. The van der Waals surface area contributed by atoms with Gasteiger partial charge >= 0.3 is 0 Å². The first-order valence-corrected chi connectivity index (χ1v) is 9.58. The highest BCUT2D eigenvalue weighted by atomic mass is 35.5. The van der Waals surface area contributed by atoms with Crippen LogP contribution in [0.25, 0.3) is 0 Å². The molecule has 1 aliphatic rings. The molecule has 3 aromatic rings. The minimum Gasteiger partial charge on any atom is -0.312 e. The lowest BCUT2D eigenvalue weighted by Crippen LogP contribution is -2.25. The maximum absolute atomic E-state index is 12.5. The third-order valence-electron chi connectivity index (χ3n) is 4.43. The summed E-state index contributed by atoms with van der Waals surface area (Å²) in [5, 5.41) is 14.6. The standard InChI is InChI=1S/C18H18ClN5OS.ClH/c1-10-3-2-4-11(15(10)19)7-12-8-21-18(26-12)22-17(25)16-13-9-20-6-5-14(13)23-24-16;/h2-4,8,20H,5-7,9H2,1H3,(H,23,24)(H,21,22,25);1H. The predicted octanol–water partition coefficient (Wildman–Crippen LogP) is 3.74. The van der Waals surface area contributed by atoms with Crippen molar-refractivity contribution >= 4 is 46.4 Å². The van der Waals surface area contributed by atoms with Crippen LogP contribution in [0, 0.1) is 6.92 Å². The van der Waals surface area contributed by atoms with Crippen LogP contribution in [0.2, 0.25) is 5.02 Å². The molecule has 0 fully saturated rings. The van der Waals surface area contributed by atoms with Crippen LogP contribution >= 0.6 is 35.3 Å². The lowest BCUT2D eigenvalue weighted by molar-refractivity contribution is 0.102. The summed E-state index contributed by atoms with van der Waals surface area (Å²) in [5.41, 5.74) is 4.52. The number of hydrogen-bond acceptors (Lipinski definition) is 5. The van der Waals surface area contributed by atoms with Crippen molar-refractivity contribution in [3.8, 4) is 0 Å². The summed E-state index contributed by atoms with van der Waals surface area (Å²) < 4.78 is 0. The molecule has 3 N–H and O–H groups in total.